The molecule has 1 N–H and O–H groups in total. The molecule has 1 amide bonds. The first-order valence-electron chi connectivity index (χ1n) is 7.07. The molecule has 0 saturated carbocycles. The standard InChI is InChI=1S/C16H18ClN3O2/c1-11(2)10-20-15(21)8-7-14(19-20)16(22)18-9-12-5-3-4-6-13(12)17/h3-8,11H,9-10H2,1-2H3,(H,18,22). The van der Waals surface area contributed by atoms with Gasteiger partial charge in [0.25, 0.3) is 11.5 Å². The smallest absolute Gasteiger partial charge is 0.271 e. The van der Waals surface area contributed by atoms with Gasteiger partial charge < -0.3 is 5.32 Å². The topological polar surface area (TPSA) is 64.0 Å². The van der Waals surface area contributed by atoms with Gasteiger partial charge in [-0.3, -0.25) is 9.59 Å². The van der Waals surface area contributed by atoms with E-state index in [0.29, 0.717) is 18.1 Å². The van der Waals surface area contributed by atoms with E-state index >= 15 is 0 Å². The van der Waals surface area contributed by atoms with Crippen LogP contribution < -0.4 is 10.9 Å². The maximum Gasteiger partial charge on any atom is 0.271 e. The van der Waals surface area contributed by atoms with Crippen LogP contribution in [0.5, 0.6) is 0 Å². The quantitative estimate of drug-likeness (QED) is 0.921. The lowest BCUT2D eigenvalue weighted by Crippen LogP contribution is -2.30. The highest BCUT2D eigenvalue weighted by atomic mass is 35.5. The predicted molar refractivity (Wildman–Crippen MR) is 86.0 cm³/mol. The summed E-state index contributed by atoms with van der Waals surface area (Å²) in [4.78, 5) is 23.9. The molecular formula is C16H18ClN3O2. The monoisotopic (exact) mass is 319 g/mol. The van der Waals surface area contributed by atoms with Gasteiger partial charge in [0, 0.05) is 24.2 Å². The molecule has 0 saturated heterocycles. The van der Waals surface area contributed by atoms with Gasteiger partial charge in [-0.05, 0) is 23.6 Å². The average Bonchev–Trinajstić information content (AvgIpc) is 2.48. The normalized spacial score (nSPS) is 10.7. The number of carbonyl (C=O) groups is 1. The molecule has 0 aliphatic heterocycles. The number of nitrogens with one attached hydrogen (secondary N) is 1. The summed E-state index contributed by atoms with van der Waals surface area (Å²) in [6.07, 6.45) is 0. The van der Waals surface area contributed by atoms with E-state index in [4.69, 9.17) is 11.6 Å². The SMILES string of the molecule is CC(C)Cn1nc(C(=O)NCc2ccccc2Cl)ccc1=O. The van der Waals surface area contributed by atoms with Gasteiger partial charge in [-0.1, -0.05) is 43.6 Å². The maximum absolute atomic E-state index is 12.1. The summed E-state index contributed by atoms with van der Waals surface area (Å²) in [5, 5.41) is 7.46. The Bertz CT molecular complexity index is 725. The number of hydrogen-bond acceptors (Lipinski definition) is 3. The van der Waals surface area contributed by atoms with Crippen molar-refractivity contribution in [2.24, 2.45) is 5.92 Å². The van der Waals surface area contributed by atoms with Crippen LogP contribution in [0.2, 0.25) is 5.02 Å². The van der Waals surface area contributed by atoms with Crippen LogP contribution in [0.25, 0.3) is 0 Å². The van der Waals surface area contributed by atoms with E-state index < -0.39 is 0 Å². The number of carbonyl (C=O) groups excluding carboxylic acids is 1. The maximum atomic E-state index is 12.1. The Morgan fingerprint density at radius 1 is 1.27 bits per heavy atom. The van der Waals surface area contributed by atoms with Crippen LogP contribution in [0.4, 0.5) is 0 Å². The molecule has 2 rings (SSSR count). The minimum atomic E-state index is -0.336. The minimum absolute atomic E-state index is 0.212. The second-order valence-corrected chi connectivity index (χ2v) is 5.81. The van der Waals surface area contributed by atoms with E-state index in [0.717, 1.165) is 5.56 Å². The zero-order valence-corrected chi connectivity index (χ0v) is 13.3. The second-order valence-electron chi connectivity index (χ2n) is 5.41. The lowest BCUT2D eigenvalue weighted by Gasteiger charge is -2.10. The Kier molecular flexibility index (Phi) is 5.33. The van der Waals surface area contributed by atoms with Crippen molar-refractivity contribution < 1.29 is 4.79 Å². The van der Waals surface area contributed by atoms with Gasteiger partial charge in [0.05, 0.1) is 0 Å². The number of amides is 1. The van der Waals surface area contributed by atoms with Crippen molar-refractivity contribution in [3.8, 4) is 0 Å². The third-order valence-corrected chi connectivity index (χ3v) is 3.40. The van der Waals surface area contributed by atoms with E-state index in [1.165, 1.54) is 16.8 Å². The third kappa shape index (κ3) is 4.18. The molecule has 0 atom stereocenters. The van der Waals surface area contributed by atoms with Crippen LogP contribution in [-0.2, 0) is 13.1 Å². The van der Waals surface area contributed by atoms with E-state index in [9.17, 15) is 9.59 Å². The lowest BCUT2D eigenvalue weighted by molar-refractivity contribution is 0.0943. The second kappa shape index (κ2) is 7.22. The molecule has 1 aromatic carbocycles. The Balaban J connectivity index is 2.10. The highest BCUT2D eigenvalue weighted by molar-refractivity contribution is 6.31. The van der Waals surface area contributed by atoms with Gasteiger partial charge in [-0.25, -0.2) is 4.68 Å². The molecular weight excluding hydrogens is 302 g/mol. The highest BCUT2D eigenvalue weighted by Gasteiger charge is 2.10. The predicted octanol–water partition coefficient (Wildman–Crippen LogP) is 2.48. The largest absolute Gasteiger partial charge is 0.347 e. The number of rotatable bonds is 5. The van der Waals surface area contributed by atoms with Crippen LogP contribution in [-0.4, -0.2) is 15.7 Å². The fourth-order valence-corrected chi connectivity index (χ4v) is 2.16. The Labute approximate surface area is 133 Å². The summed E-state index contributed by atoms with van der Waals surface area (Å²) in [6, 6.07) is 10.1. The molecule has 0 fully saturated rings. The number of aromatic nitrogens is 2. The van der Waals surface area contributed by atoms with Gasteiger partial charge in [0.2, 0.25) is 0 Å². The van der Waals surface area contributed by atoms with Crippen LogP contribution in [0.3, 0.4) is 0 Å². The number of nitrogens with zero attached hydrogens (tertiary/aromatic N) is 2. The van der Waals surface area contributed by atoms with E-state index in [1.807, 2.05) is 32.0 Å². The summed E-state index contributed by atoms with van der Waals surface area (Å²) in [7, 11) is 0. The molecule has 6 heteroatoms. The van der Waals surface area contributed by atoms with Crippen molar-refractivity contribution in [1.29, 1.82) is 0 Å². The Morgan fingerprint density at radius 3 is 2.68 bits per heavy atom. The Hall–Kier alpha value is -2.14. The lowest BCUT2D eigenvalue weighted by atomic mass is 10.2. The van der Waals surface area contributed by atoms with Gasteiger partial charge in [0.15, 0.2) is 0 Å². The van der Waals surface area contributed by atoms with Crippen molar-refractivity contribution in [3.63, 3.8) is 0 Å². The molecule has 1 heterocycles. The fourth-order valence-electron chi connectivity index (χ4n) is 1.95. The molecule has 5 nitrogen and oxygen atoms in total. The van der Waals surface area contributed by atoms with Crippen molar-refractivity contribution >= 4 is 17.5 Å². The first-order valence-corrected chi connectivity index (χ1v) is 7.45. The van der Waals surface area contributed by atoms with E-state index in [1.54, 1.807) is 6.07 Å². The number of hydrogen-bond donors (Lipinski definition) is 1. The molecule has 0 bridgehead atoms. The van der Waals surface area contributed by atoms with Crippen LogP contribution in [0.15, 0.2) is 41.2 Å². The van der Waals surface area contributed by atoms with Crippen molar-refractivity contribution in [2.45, 2.75) is 26.9 Å². The van der Waals surface area contributed by atoms with E-state index in [2.05, 4.69) is 10.4 Å². The van der Waals surface area contributed by atoms with Crippen molar-refractivity contribution in [3.05, 3.63) is 63.0 Å². The van der Waals surface area contributed by atoms with Crippen LogP contribution >= 0.6 is 11.6 Å². The van der Waals surface area contributed by atoms with E-state index in [-0.39, 0.29) is 23.1 Å². The third-order valence-electron chi connectivity index (χ3n) is 3.03. The van der Waals surface area contributed by atoms with Crippen molar-refractivity contribution in [2.75, 3.05) is 0 Å². The number of halogens is 1. The molecule has 0 radical (unpaired) electrons. The number of benzene rings is 1. The zero-order valence-electron chi connectivity index (χ0n) is 12.5. The summed E-state index contributed by atoms with van der Waals surface area (Å²) in [6.45, 7) is 4.75. The highest BCUT2D eigenvalue weighted by Crippen LogP contribution is 2.14. The fraction of sp³-hybridized carbons (Fsp3) is 0.312. The van der Waals surface area contributed by atoms with Crippen molar-refractivity contribution in [1.82, 2.24) is 15.1 Å². The minimum Gasteiger partial charge on any atom is -0.347 e. The molecule has 2 aromatic rings. The van der Waals surface area contributed by atoms with Gasteiger partial charge in [0.1, 0.15) is 5.69 Å². The molecule has 0 aliphatic rings. The first kappa shape index (κ1) is 16.2. The molecule has 0 aliphatic carbocycles. The summed E-state index contributed by atoms with van der Waals surface area (Å²) >= 11 is 6.04. The summed E-state index contributed by atoms with van der Waals surface area (Å²) < 4.78 is 1.31. The first-order chi connectivity index (χ1) is 10.5. The molecule has 0 spiro atoms. The molecule has 116 valence electrons. The van der Waals surface area contributed by atoms with Gasteiger partial charge >= 0.3 is 0 Å². The van der Waals surface area contributed by atoms with Gasteiger partial charge in [-0.15, -0.1) is 0 Å². The molecule has 0 unspecified atom stereocenters. The zero-order chi connectivity index (χ0) is 16.1. The summed E-state index contributed by atoms with van der Waals surface area (Å²) in [5.74, 6) is -0.0657. The molecule has 22 heavy (non-hydrogen) atoms. The van der Waals surface area contributed by atoms with Crippen LogP contribution in [0.1, 0.15) is 29.9 Å². The van der Waals surface area contributed by atoms with Gasteiger partial charge in [-0.2, -0.15) is 5.10 Å². The Morgan fingerprint density at radius 2 is 2.00 bits per heavy atom. The summed E-state index contributed by atoms with van der Waals surface area (Å²) in [5.41, 5.74) is 0.830. The molecule has 1 aromatic heterocycles. The van der Waals surface area contributed by atoms with Crippen LogP contribution in [0, 0.1) is 5.92 Å². The average molecular weight is 320 g/mol.